The number of ether oxygens (including phenoxy) is 1. The summed E-state index contributed by atoms with van der Waals surface area (Å²) >= 11 is 0. The van der Waals surface area contributed by atoms with Gasteiger partial charge in [0, 0.05) is 25.0 Å². The first-order valence-corrected chi connectivity index (χ1v) is 6.48. The van der Waals surface area contributed by atoms with Gasteiger partial charge in [-0.1, -0.05) is 13.3 Å². The molecule has 1 aromatic heterocycles. The fourth-order valence-corrected chi connectivity index (χ4v) is 1.54. The predicted molar refractivity (Wildman–Crippen MR) is 74.8 cm³/mol. The fourth-order valence-electron chi connectivity index (χ4n) is 1.54. The van der Waals surface area contributed by atoms with E-state index in [-0.39, 0.29) is 5.91 Å². The number of aryl methyl sites for hydroxylation is 1. The molecule has 4 N–H and O–H groups in total. The molecule has 6 nitrogen and oxygen atoms in total. The number of nitrogens with one attached hydrogen (secondary N) is 2. The minimum atomic E-state index is -0.209. The number of aromatic nitrogens is 1. The van der Waals surface area contributed by atoms with Crippen LogP contribution in [0.1, 0.15) is 35.8 Å². The molecular weight excluding hydrogens is 244 g/mol. The second-order valence-corrected chi connectivity index (χ2v) is 4.24. The second-order valence-electron chi connectivity index (χ2n) is 4.24. The van der Waals surface area contributed by atoms with Gasteiger partial charge in [0.05, 0.1) is 17.9 Å². The number of hydrazine groups is 1. The number of hydrogen-bond donors (Lipinski definition) is 3. The highest BCUT2D eigenvalue weighted by atomic mass is 16.5. The smallest absolute Gasteiger partial charge is 0.255 e. The van der Waals surface area contributed by atoms with E-state index in [0.717, 1.165) is 25.1 Å². The van der Waals surface area contributed by atoms with E-state index in [4.69, 9.17) is 10.6 Å². The first-order chi connectivity index (χ1) is 9.19. The number of carbonyl (C=O) groups is 1. The molecule has 0 saturated heterocycles. The maximum Gasteiger partial charge on any atom is 0.255 e. The van der Waals surface area contributed by atoms with E-state index < -0.39 is 0 Å². The minimum absolute atomic E-state index is 0.209. The number of nitrogens with zero attached hydrogens (tertiary/aromatic N) is 1. The van der Waals surface area contributed by atoms with Crippen LogP contribution in [0.3, 0.4) is 0 Å². The van der Waals surface area contributed by atoms with Crippen molar-refractivity contribution in [3.05, 3.63) is 23.5 Å². The SMILES string of the molecule is CCCCOCCNC(=O)c1cnc(C)cc1NN. The lowest BCUT2D eigenvalue weighted by Crippen LogP contribution is -2.28. The molecule has 0 unspecified atom stereocenters. The summed E-state index contributed by atoms with van der Waals surface area (Å²) in [5.74, 6) is 5.18. The number of rotatable bonds is 8. The molecule has 6 heteroatoms. The van der Waals surface area contributed by atoms with Gasteiger partial charge in [-0.15, -0.1) is 0 Å². The summed E-state index contributed by atoms with van der Waals surface area (Å²) < 4.78 is 5.37. The van der Waals surface area contributed by atoms with Crippen molar-refractivity contribution in [2.45, 2.75) is 26.7 Å². The molecule has 0 aliphatic heterocycles. The van der Waals surface area contributed by atoms with Gasteiger partial charge < -0.3 is 15.5 Å². The van der Waals surface area contributed by atoms with E-state index >= 15 is 0 Å². The molecule has 1 rings (SSSR count). The summed E-state index contributed by atoms with van der Waals surface area (Å²) in [4.78, 5) is 16.0. The van der Waals surface area contributed by atoms with Crippen molar-refractivity contribution in [3.63, 3.8) is 0 Å². The summed E-state index contributed by atoms with van der Waals surface area (Å²) in [6, 6.07) is 1.73. The van der Waals surface area contributed by atoms with Crippen LogP contribution in [0.4, 0.5) is 5.69 Å². The summed E-state index contributed by atoms with van der Waals surface area (Å²) in [5, 5.41) is 2.77. The quantitative estimate of drug-likeness (QED) is 0.374. The van der Waals surface area contributed by atoms with Crippen LogP contribution >= 0.6 is 0 Å². The molecule has 1 amide bonds. The number of hydrogen-bond acceptors (Lipinski definition) is 5. The molecule has 0 bridgehead atoms. The Morgan fingerprint density at radius 2 is 2.26 bits per heavy atom. The molecule has 106 valence electrons. The third kappa shape index (κ3) is 5.23. The Morgan fingerprint density at radius 1 is 1.47 bits per heavy atom. The Bertz CT molecular complexity index is 410. The zero-order chi connectivity index (χ0) is 14.1. The van der Waals surface area contributed by atoms with Crippen LogP contribution in [-0.4, -0.2) is 30.6 Å². The number of nitrogens with two attached hydrogens (primary N) is 1. The molecule has 0 atom stereocenters. The van der Waals surface area contributed by atoms with Gasteiger partial charge in [0.2, 0.25) is 0 Å². The van der Waals surface area contributed by atoms with Gasteiger partial charge in [-0.05, 0) is 19.4 Å². The minimum Gasteiger partial charge on any atom is -0.380 e. The van der Waals surface area contributed by atoms with E-state index in [1.165, 1.54) is 6.20 Å². The Hall–Kier alpha value is -1.66. The van der Waals surface area contributed by atoms with Gasteiger partial charge in [0.15, 0.2) is 0 Å². The number of pyridine rings is 1. The molecule has 0 radical (unpaired) electrons. The molecule has 1 aromatic rings. The Labute approximate surface area is 113 Å². The predicted octanol–water partition coefficient (Wildman–Crippen LogP) is 1.22. The van der Waals surface area contributed by atoms with E-state index in [2.05, 4.69) is 22.7 Å². The number of anilines is 1. The highest BCUT2D eigenvalue weighted by Crippen LogP contribution is 2.13. The molecule has 0 spiro atoms. The zero-order valence-electron chi connectivity index (χ0n) is 11.5. The van der Waals surface area contributed by atoms with Crippen LogP contribution < -0.4 is 16.6 Å². The highest BCUT2D eigenvalue weighted by Gasteiger charge is 2.11. The van der Waals surface area contributed by atoms with Crippen molar-refractivity contribution in [1.82, 2.24) is 10.3 Å². The number of carbonyl (C=O) groups excluding carboxylic acids is 1. The van der Waals surface area contributed by atoms with Crippen molar-refractivity contribution in [2.75, 3.05) is 25.2 Å². The fraction of sp³-hybridized carbons (Fsp3) is 0.538. The third-order valence-electron chi connectivity index (χ3n) is 2.61. The zero-order valence-corrected chi connectivity index (χ0v) is 11.5. The van der Waals surface area contributed by atoms with Crippen LogP contribution in [0.25, 0.3) is 0 Å². The first-order valence-electron chi connectivity index (χ1n) is 6.48. The number of amides is 1. The van der Waals surface area contributed by atoms with Gasteiger partial charge in [0.25, 0.3) is 5.91 Å². The monoisotopic (exact) mass is 266 g/mol. The lowest BCUT2D eigenvalue weighted by atomic mass is 10.2. The van der Waals surface area contributed by atoms with Crippen molar-refractivity contribution in [2.24, 2.45) is 5.84 Å². The normalized spacial score (nSPS) is 10.3. The van der Waals surface area contributed by atoms with Gasteiger partial charge >= 0.3 is 0 Å². The van der Waals surface area contributed by atoms with E-state index in [0.29, 0.717) is 24.4 Å². The molecule has 0 aromatic carbocycles. The lowest BCUT2D eigenvalue weighted by molar-refractivity contribution is 0.0913. The van der Waals surface area contributed by atoms with Crippen molar-refractivity contribution >= 4 is 11.6 Å². The van der Waals surface area contributed by atoms with Gasteiger partial charge in [0.1, 0.15) is 0 Å². The second kappa shape index (κ2) is 8.44. The number of nitrogen functional groups attached to an aromatic ring is 1. The van der Waals surface area contributed by atoms with Crippen LogP contribution in [0, 0.1) is 6.92 Å². The molecule has 0 aliphatic rings. The summed E-state index contributed by atoms with van der Waals surface area (Å²) in [6.45, 7) is 5.66. The molecular formula is C13H22N4O2. The summed E-state index contributed by atoms with van der Waals surface area (Å²) in [7, 11) is 0. The van der Waals surface area contributed by atoms with Crippen LogP contribution in [0.2, 0.25) is 0 Å². The van der Waals surface area contributed by atoms with Crippen molar-refractivity contribution in [3.8, 4) is 0 Å². The van der Waals surface area contributed by atoms with E-state index in [1.54, 1.807) is 6.07 Å². The highest BCUT2D eigenvalue weighted by molar-refractivity contribution is 5.99. The Kier molecular flexibility index (Phi) is 6.84. The van der Waals surface area contributed by atoms with E-state index in [1.807, 2.05) is 6.92 Å². The van der Waals surface area contributed by atoms with Crippen molar-refractivity contribution in [1.29, 1.82) is 0 Å². The molecule has 19 heavy (non-hydrogen) atoms. The molecule has 0 fully saturated rings. The first kappa shape index (κ1) is 15.4. The van der Waals surface area contributed by atoms with Gasteiger partial charge in [-0.25, -0.2) is 0 Å². The summed E-state index contributed by atoms with van der Waals surface area (Å²) in [5.41, 5.74) is 4.30. The van der Waals surface area contributed by atoms with E-state index in [9.17, 15) is 4.79 Å². The lowest BCUT2D eigenvalue weighted by Gasteiger charge is -2.10. The third-order valence-corrected chi connectivity index (χ3v) is 2.61. The number of unbranched alkanes of at least 4 members (excludes halogenated alkanes) is 1. The largest absolute Gasteiger partial charge is 0.380 e. The maximum atomic E-state index is 11.9. The topological polar surface area (TPSA) is 89.3 Å². The Morgan fingerprint density at radius 3 is 2.95 bits per heavy atom. The molecule has 0 aliphatic carbocycles. The van der Waals surface area contributed by atoms with Crippen LogP contribution in [0.5, 0.6) is 0 Å². The van der Waals surface area contributed by atoms with Crippen LogP contribution in [-0.2, 0) is 4.74 Å². The van der Waals surface area contributed by atoms with Gasteiger partial charge in [-0.3, -0.25) is 15.6 Å². The standard InChI is InChI=1S/C13H22N4O2/c1-3-4-6-19-7-5-15-13(18)11-9-16-10(2)8-12(11)17-14/h8-9H,3-7,14H2,1-2H3,(H,15,18)(H,16,17). The van der Waals surface area contributed by atoms with Crippen LogP contribution in [0.15, 0.2) is 12.3 Å². The maximum absolute atomic E-state index is 11.9. The Balaban J connectivity index is 2.41. The van der Waals surface area contributed by atoms with Crippen molar-refractivity contribution < 1.29 is 9.53 Å². The molecule has 1 heterocycles. The average molecular weight is 266 g/mol. The summed E-state index contributed by atoms with van der Waals surface area (Å²) in [6.07, 6.45) is 3.65. The average Bonchev–Trinajstić information content (AvgIpc) is 2.42. The molecule has 0 saturated carbocycles. The van der Waals surface area contributed by atoms with Gasteiger partial charge in [-0.2, -0.15) is 0 Å².